The third-order valence-corrected chi connectivity index (χ3v) is 7.94. The maximum atomic E-state index is 5.93. The Bertz CT molecular complexity index is 826. The van der Waals surface area contributed by atoms with Gasteiger partial charge >= 0.3 is 0 Å². The van der Waals surface area contributed by atoms with Gasteiger partial charge in [-0.25, -0.2) is 0 Å². The monoisotopic (exact) mass is 464 g/mol. The van der Waals surface area contributed by atoms with Crippen LogP contribution in [0.15, 0.2) is 48.5 Å². The lowest BCUT2D eigenvalue weighted by Crippen LogP contribution is -2.12. The average molecular weight is 465 g/mol. The summed E-state index contributed by atoms with van der Waals surface area (Å²) in [5.41, 5.74) is 3.18. The fourth-order valence-electron chi connectivity index (χ4n) is 5.24. The van der Waals surface area contributed by atoms with Crippen LogP contribution in [0.4, 0.5) is 0 Å². The van der Waals surface area contributed by atoms with Crippen LogP contribution in [0.5, 0.6) is 11.5 Å². The molecule has 1 aliphatic carbocycles. The highest BCUT2D eigenvalue weighted by molar-refractivity contribution is 5.32. The lowest BCUT2D eigenvalue weighted by Gasteiger charge is -2.29. The van der Waals surface area contributed by atoms with Gasteiger partial charge < -0.3 is 18.9 Å². The summed E-state index contributed by atoms with van der Waals surface area (Å²) in [5.74, 6) is 3.29. The summed E-state index contributed by atoms with van der Waals surface area (Å²) in [6.07, 6.45) is 9.27. The van der Waals surface area contributed by atoms with E-state index >= 15 is 0 Å². The van der Waals surface area contributed by atoms with E-state index in [1.807, 2.05) is 0 Å². The number of epoxide rings is 2. The molecule has 4 heteroatoms. The minimum Gasteiger partial charge on any atom is -0.494 e. The summed E-state index contributed by atoms with van der Waals surface area (Å²) < 4.78 is 22.7. The van der Waals surface area contributed by atoms with Gasteiger partial charge in [-0.3, -0.25) is 0 Å². The van der Waals surface area contributed by atoms with E-state index in [2.05, 4.69) is 62.4 Å². The maximum Gasteiger partial charge on any atom is 0.119 e. The van der Waals surface area contributed by atoms with Crippen molar-refractivity contribution in [1.29, 1.82) is 0 Å². The number of hydrogen-bond donors (Lipinski definition) is 0. The van der Waals surface area contributed by atoms with Crippen LogP contribution in [0.25, 0.3) is 0 Å². The Morgan fingerprint density at radius 2 is 1.00 bits per heavy atom. The highest BCUT2D eigenvalue weighted by atomic mass is 16.6. The molecule has 5 rings (SSSR count). The molecule has 0 radical (unpaired) electrons. The maximum absolute atomic E-state index is 5.93. The third kappa shape index (κ3) is 6.55. The molecule has 2 atom stereocenters. The molecule has 3 aliphatic rings. The van der Waals surface area contributed by atoms with Gasteiger partial charge in [0.1, 0.15) is 11.5 Å². The second-order valence-electron chi connectivity index (χ2n) is 11.1. The first kappa shape index (κ1) is 23.7. The molecule has 2 aromatic rings. The molecular formula is C30H40O4. The van der Waals surface area contributed by atoms with Crippen LogP contribution in [-0.4, -0.2) is 37.6 Å². The van der Waals surface area contributed by atoms with Crippen molar-refractivity contribution in [3.05, 3.63) is 59.7 Å². The smallest absolute Gasteiger partial charge is 0.119 e. The summed E-state index contributed by atoms with van der Waals surface area (Å²) in [4.78, 5) is 0. The Labute approximate surface area is 204 Å². The van der Waals surface area contributed by atoms with Crippen molar-refractivity contribution in [2.24, 2.45) is 0 Å². The van der Waals surface area contributed by atoms with Gasteiger partial charge in [0.15, 0.2) is 0 Å². The Hall–Kier alpha value is -2.04. The van der Waals surface area contributed by atoms with E-state index in [0.717, 1.165) is 63.6 Å². The van der Waals surface area contributed by atoms with E-state index < -0.39 is 0 Å². The van der Waals surface area contributed by atoms with Crippen molar-refractivity contribution in [3.8, 4) is 11.5 Å². The zero-order valence-electron chi connectivity index (χ0n) is 20.9. The molecule has 2 heterocycles. The number of benzene rings is 2. The van der Waals surface area contributed by atoms with Crippen molar-refractivity contribution >= 4 is 0 Å². The average Bonchev–Trinajstić information content (AvgIpc) is 3.79. The van der Waals surface area contributed by atoms with Crippen LogP contribution >= 0.6 is 0 Å². The van der Waals surface area contributed by atoms with Gasteiger partial charge in [0, 0.05) is 0 Å². The predicted octanol–water partition coefficient (Wildman–Crippen LogP) is 7.02. The van der Waals surface area contributed by atoms with Gasteiger partial charge in [0.05, 0.1) is 37.6 Å². The van der Waals surface area contributed by atoms with Crippen LogP contribution in [0.1, 0.15) is 88.2 Å². The van der Waals surface area contributed by atoms with Gasteiger partial charge in [-0.2, -0.15) is 0 Å². The van der Waals surface area contributed by atoms with Crippen LogP contribution in [-0.2, 0) is 9.47 Å². The lowest BCUT2D eigenvalue weighted by atomic mass is 9.76. The summed E-state index contributed by atoms with van der Waals surface area (Å²) >= 11 is 0. The van der Waals surface area contributed by atoms with Gasteiger partial charge in [0.25, 0.3) is 0 Å². The normalized spacial score (nSPS) is 30.1. The molecule has 4 nitrogen and oxygen atoms in total. The molecule has 184 valence electrons. The highest BCUT2D eigenvalue weighted by Crippen LogP contribution is 2.41. The number of hydrogen-bond acceptors (Lipinski definition) is 4. The second kappa shape index (κ2) is 10.3. The van der Waals surface area contributed by atoms with Crippen molar-refractivity contribution < 1.29 is 18.9 Å². The lowest BCUT2D eigenvalue weighted by molar-refractivity contribution is 0.260. The van der Waals surface area contributed by atoms with Crippen LogP contribution in [0, 0.1) is 0 Å². The molecule has 2 unspecified atom stereocenters. The number of rotatable bonds is 12. The molecule has 2 aromatic carbocycles. The van der Waals surface area contributed by atoms with Crippen LogP contribution in [0.3, 0.4) is 0 Å². The molecule has 2 saturated heterocycles. The molecule has 0 N–H and O–H groups in total. The minimum absolute atomic E-state index is 0.131. The van der Waals surface area contributed by atoms with Crippen LogP contribution < -0.4 is 9.47 Å². The molecule has 0 amide bonds. The Kier molecular flexibility index (Phi) is 7.17. The Balaban J connectivity index is 1.02. The molecule has 34 heavy (non-hydrogen) atoms. The minimum atomic E-state index is 0.131. The van der Waals surface area contributed by atoms with Gasteiger partial charge in [-0.05, 0) is 112 Å². The summed E-state index contributed by atoms with van der Waals surface area (Å²) in [5, 5.41) is 0. The van der Waals surface area contributed by atoms with Crippen molar-refractivity contribution in [2.75, 3.05) is 26.4 Å². The quantitative estimate of drug-likeness (QED) is 0.250. The van der Waals surface area contributed by atoms with Crippen molar-refractivity contribution in [2.45, 2.75) is 88.3 Å². The molecule has 0 spiro atoms. The first-order valence-electron chi connectivity index (χ1n) is 13.2. The summed E-state index contributed by atoms with van der Waals surface area (Å²) in [6, 6.07) is 17.7. The SMILES string of the molecule is CC1(CCCOc2ccc(C3CCC(c4ccc(OCCCC5(C)CO5)cc4)CC3)cc2)CO1. The van der Waals surface area contributed by atoms with Gasteiger partial charge in [0.2, 0.25) is 0 Å². The van der Waals surface area contributed by atoms with Gasteiger partial charge in [-0.15, -0.1) is 0 Å². The zero-order chi connectivity index (χ0) is 23.4. The predicted molar refractivity (Wildman–Crippen MR) is 135 cm³/mol. The highest BCUT2D eigenvalue weighted by Gasteiger charge is 2.38. The summed E-state index contributed by atoms with van der Waals surface area (Å²) in [6.45, 7) is 7.69. The Morgan fingerprint density at radius 1 is 0.647 bits per heavy atom. The van der Waals surface area contributed by atoms with Gasteiger partial charge in [-0.1, -0.05) is 24.3 Å². The molecule has 0 bridgehead atoms. The second-order valence-corrected chi connectivity index (χ2v) is 11.1. The molecule has 2 aliphatic heterocycles. The van der Waals surface area contributed by atoms with E-state index in [1.165, 1.54) is 36.8 Å². The third-order valence-electron chi connectivity index (χ3n) is 7.94. The molecule has 1 saturated carbocycles. The largest absolute Gasteiger partial charge is 0.494 e. The number of ether oxygens (including phenoxy) is 4. The van der Waals surface area contributed by atoms with E-state index in [9.17, 15) is 0 Å². The van der Waals surface area contributed by atoms with Crippen molar-refractivity contribution in [3.63, 3.8) is 0 Å². The molecule has 3 fully saturated rings. The fourth-order valence-corrected chi connectivity index (χ4v) is 5.24. The zero-order valence-corrected chi connectivity index (χ0v) is 20.9. The van der Waals surface area contributed by atoms with E-state index in [4.69, 9.17) is 18.9 Å². The fraction of sp³-hybridized carbons (Fsp3) is 0.600. The first-order chi connectivity index (χ1) is 16.5. The van der Waals surface area contributed by atoms with E-state index in [-0.39, 0.29) is 11.2 Å². The molecular weight excluding hydrogens is 424 g/mol. The summed E-state index contributed by atoms with van der Waals surface area (Å²) in [7, 11) is 0. The standard InChI is InChI=1S/C30H40O4/c1-29(21-33-29)17-3-19-31-27-13-9-25(10-14-27)23-5-7-24(8-6-23)26-11-15-28(16-12-26)32-20-4-18-30(2)22-34-30/h9-16,23-24H,3-8,17-22H2,1-2H3. The van der Waals surface area contributed by atoms with Crippen molar-refractivity contribution in [1.82, 2.24) is 0 Å². The Morgan fingerprint density at radius 3 is 1.32 bits per heavy atom. The van der Waals surface area contributed by atoms with Crippen LogP contribution in [0.2, 0.25) is 0 Å². The topological polar surface area (TPSA) is 43.5 Å². The van der Waals surface area contributed by atoms with E-state index in [1.54, 1.807) is 0 Å². The van der Waals surface area contributed by atoms with E-state index in [0.29, 0.717) is 11.8 Å². The first-order valence-corrected chi connectivity index (χ1v) is 13.2. The molecule has 0 aromatic heterocycles.